The lowest BCUT2D eigenvalue weighted by Gasteiger charge is -2.15. The van der Waals surface area contributed by atoms with Crippen molar-refractivity contribution >= 4 is 28.7 Å². The van der Waals surface area contributed by atoms with Crippen molar-refractivity contribution in [3.05, 3.63) is 69.8 Å². The van der Waals surface area contributed by atoms with E-state index < -0.39 is 6.04 Å². The van der Waals surface area contributed by atoms with E-state index in [1.165, 1.54) is 29.0 Å². The number of aromatic nitrogens is 2. The number of hydrogen-bond acceptors (Lipinski definition) is 5. The minimum atomic E-state index is -0.783. The van der Waals surface area contributed by atoms with E-state index in [4.69, 9.17) is 0 Å². The number of Topliss-reactive ketones (excluding diaryl/α,β-unsaturated/α-hetero) is 1. The maximum Gasteiger partial charge on any atom is 0.267 e. The Labute approximate surface area is 154 Å². The van der Waals surface area contributed by atoms with E-state index in [-0.39, 0.29) is 17.2 Å². The summed E-state index contributed by atoms with van der Waals surface area (Å²) >= 11 is 1.51. The first kappa shape index (κ1) is 17.8. The van der Waals surface area contributed by atoms with Gasteiger partial charge in [-0.15, -0.1) is 11.3 Å². The van der Waals surface area contributed by atoms with Crippen molar-refractivity contribution in [2.24, 2.45) is 0 Å². The van der Waals surface area contributed by atoms with Crippen LogP contribution in [0, 0.1) is 0 Å². The third-order valence-electron chi connectivity index (χ3n) is 3.90. The van der Waals surface area contributed by atoms with Crippen molar-refractivity contribution in [1.82, 2.24) is 9.78 Å². The molecule has 1 unspecified atom stereocenters. The van der Waals surface area contributed by atoms with E-state index in [0.717, 1.165) is 4.88 Å². The SMILES string of the molecule is CC(=O)c1ccc(NC(=O)C(C)n2nc(-c3cccs3)ccc2=O)cc1. The molecule has 0 aliphatic rings. The van der Waals surface area contributed by atoms with Crippen molar-refractivity contribution < 1.29 is 9.59 Å². The third kappa shape index (κ3) is 3.78. The summed E-state index contributed by atoms with van der Waals surface area (Å²) in [5, 5.41) is 8.99. The number of benzene rings is 1. The first-order valence-electron chi connectivity index (χ1n) is 8.01. The molecule has 2 heterocycles. The molecule has 2 aromatic heterocycles. The Kier molecular flexibility index (Phi) is 5.09. The molecule has 0 spiro atoms. The fourth-order valence-corrected chi connectivity index (χ4v) is 3.09. The van der Waals surface area contributed by atoms with Crippen LogP contribution in [0.4, 0.5) is 5.69 Å². The molecular weight excluding hydrogens is 350 g/mol. The zero-order valence-electron chi connectivity index (χ0n) is 14.3. The molecule has 3 rings (SSSR count). The number of hydrogen-bond donors (Lipinski definition) is 1. The number of carbonyl (C=O) groups excluding carboxylic acids is 2. The first-order chi connectivity index (χ1) is 12.5. The van der Waals surface area contributed by atoms with Gasteiger partial charge in [-0.2, -0.15) is 5.10 Å². The van der Waals surface area contributed by atoms with Crippen LogP contribution in [0.2, 0.25) is 0 Å². The Balaban J connectivity index is 1.81. The highest BCUT2D eigenvalue weighted by Crippen LogP contribution is 2.22. The Bertz CT molecular complexity index is 992. The molecule has 1 N–H and O–H groups in total. The van der Waals surface area contributed by atoms with Gasteiger partial charge in [-0.1, -0.05) is 6.07 Å². The van der Waals surface area contributed by atoms with Gasteiger partial charge in [-0.3, -0.25) is 14.4 Å². The standard InChI is InChI=1S/C19H17N3O3S/c1-12(19(25)20-15-7-5-14(6-8-15)13(2)23)22-18(24)10-9-16(21-22)17-4-3-11-26-17/h3-12H,1-2H3,(H,20,25). The van der Waals surface area contributed by atoms with Gasteiger partial charge in [0.1, 0.15) is 11.7 Å². The molecule has 132 valence electrons. The van der Waals surface area contributed by atoms with Crippen LogP contribution in [0.15, 0.2) is 58.7 Å². The van der Waals surface area contributed by atoms with Gasteiger partial charge in [0, 0.05) is 17.3 Å². The normalized spacial score (nSPS) is 11.8. The summed E-state index contributed by atoms with van der Waals surface area (Å²) in [5.41, 5.74) is 1.41. The number of ketones is 1. The first-order valence-corrected chi connectivity index (χ1v) is 8.89. The lowest BCUT2D eigenvalue weighted by atomic mass is 10.1. The highest BCUT2D eigenvalue weighted by molar-refractivity contribution is 7.13. The van der Waals surface area contributed by atoms with Crippen LogP contribution in [-0.2, 0) is 4.79 Å². The molecule has 0 saturated heterocycles. The average molecular weight is 367 g/mol. The van der Waals surface area contributed by atoms with E-state index in [0.29, 0.717) is 16.9 Å². The fraction of sp³-hybridized carbons (Fsp3) is 0.158. The molecule has 0 saturated carbocycles. The number of rotatable bonds is 5. The van der Waals surface area contributed by atoms with E-state index in [1.54, 1.807) is 37.3 Å². The van der Waals surface area contributed by atoms with Crippen LogP contribution < -0.4 is 10.9 Å². The number of nitrogens with zero attached hydrogens (tertiary/aromatic N) is 2. The molecule has 0 fully saturated rings. The molecule has 0 aliphatic heterocycles. The third-order valence-corrected chi connectivity index (χ3v) is 4.80. The zero-order chi connectivity index (χ0) is 18.7. The second-order valence-corrected chi connectivity index (χ2v) is 6.73. The van der Waals surface area contributed by atoms with Crippen LogP contribution in [0.25, 0.3) is 10.6 Å². The highest BCUT2D eigenvalue weighted by atomic mass is 32.1. The van der Waals surface area contributed by atoms with Gasteiger partial charge in [0.25, 0.3) is 5.56 Å². The maximum atomic E-state index is 12.5. The Morgan fingerprint density at radius 1 is 1.12 bits per heavy atom. The molecule has 26 heavy (non-hydrogen) atoms. The average Bonchev–Trinajstić information content (AvgIpc) is 3.16. The Morgan fingerprint density at radius 3 is 2.46 bits per heavy atom. The van der Waals surface area contributed by atoms with Crippen molar-refractivity contribution in [3.63, 3.8) is 0 Å². The van der Waals surface area contributed by atoms with Crippen molar-refractivity contribution in [2.75, 3.05) is 5.32 Å². The fourth-order valence-electron chi connectivity index (χ4n) is 2.40. The quantitative estimate of drug-likeness (QED) is 0.701. The number of carbonyl (C=O) groups is 2. The van der Waals surface area contributed by atoms with Crippen LogP contribution in [-0.4, -0.2) is 21.5 Å². The van der Waals surface area contributed by atoms with Gasteiger partial charge in [0.05, 0.1) is 4.88 Å². The van der Waals surface area contributed by atoms with E-state index >= 15 is 0 Å². The van der Waals surface area contributed by atoms with Crippen LogP contribution in [0.1, 0.15) is 30.2 Å². The minimum absolute atomic E-state index is 0.0441. The number of thiophene rings is 1. The Morgan fingerprint density at radius 2 is 1.85 bits per heavy atom. The van der Waals surface area contributed by atoms with Gasteiger partial charge in [0.15, 0.2) is 5.78 Å². The summed E-state index contributed by atoms with van der Waals surface area (Å²) in [6.45, 7) is 3.10. The van der Waals surface area contributed by atoms with Gasteiger partial charge in [-0.25, -0.2) is 4.68 Å². The second-order valence-electron chi connectivity index (χ2n) is 5.78. The van der Waals surface area contributed by atoms with Gasteiger partial charge in [0.2, 0.25) is 5.91 Å². The molecule has 1 atom stereocenters. The van der Waals surface area contributed by atoms with E-state index in [1.807, 2.05) is 17.5 Å². The summed E-state index contributed by atoms with van der Waals surface area (Å²) < 4.78 is 1.17. The summed E-state index contributed by atoms with van der Waals surface area (Å²) in [6, 6.07) is 12.7. The lowest BCUT2D eigenvalue weighted by Crippen LogP contribution is -2.33. The molecule has 0 radical (unpaired) electrons. The summed E-state index contributed by atoms with van der Waals surface area (Å²) in [6.07, 6.45) is 0. The molecular formula is C19H17N3O3S. The van der Waals surface area contributed by atoms with Crippen molar-refractivity contribution in [1.29, 1.82) is 0 Å². The van der Waals surface area contributed by atoms with Gasteiger partial charge >= 0.3 is 0 Å². The predicted octanol–water partition coefficient (Wildman–Crippen LogP) is 3.37. The van der Waals surface area contributed by atoms with Crippen molar-refractivity contribution in [3.8, 4) is 10.6 Å². The second kappa shape index (κ2) is 7.45. The molecule has 1 aromatic carbocycles. The Hall–Kier alpha value is -3.06. The topological polar surface area (TPSA) is 81.1 Å². The predicted molar refractivity (Wildman–Crippen MR) is 102 cm³/mol. The monoisotopic (exact) mass is 367 g/mol. The molecule has 3 aromatic rings. The van der Waals surface area contributed by atoms with Crippen molar-refractivity contribution in [2.45, 2.75) is 19.9 Å². The number of amides is 1. The molecule has 6 nitrogen and oxygen atoms in total. The molecule has 1 amide bonds. The number of anilines is 1. The molecule has 0 bridgehead atoms. The van der Waals surface area contributed by atoms with E-state index in [9.17, 15) is 14.4 Å². The summed E-state index contributed by atoms with van der Waals surface area (Å²) in [5.74, 6) is -0.407. The van der Waals surface area contributed by atoms with Crippen LogP contribution in [0.3, 0.4) is 0 Å². The maximum absolute atomic E-state index is 12.5. The van der Waals surface area contributed by atoms with Gasteiger partial charge in [-0.05, 0) is 55.6 Å². The summed E-state index contributed by atoms with van der Waals surface area (Å²) in [7, 11) is 0. The van der Waals surface area contributed by atoms with Crippen LogP contribution in [0.5, 0.6) is 0 Å². The zero-order valence-corrected chi connectivity index (χ0v) is 15.1. The molecule has 7 heteroatoms. The molecule has 0 aliphatic carbocycles. The highest BCUT2D eigenvalue weighted by Gasteiger charge is 2.18. The largest absolute Gasteiger partial charge is 0.324 e. The lowest BCUT2D eigenvalue weighted by molar-refractivity contribution is -0.119. The summed E-state index contributed by atoms with van der Waals surface area (Å²) in [4.78, 5) is 36.9. The number of nitrogens with one attached hydrogen (secondary N) is 1. The minimum Gasteiger partial charge on any atom is -0.324 e. The van der Waals surface area contributed by atoms with E-state index in [2.05, 4.69) is 10.4 Å². The smallest absolute Gasteiger partial charge is 0.267 e. The van der Waals surface area contributed by atoms with Gasteiger partial charge < -0.3 is 5.32 Å². The van der Waals surface area contributed by atoms with Crippen LogP contribution >= 0.6 is 11.3 Å².